The number of piperidine rings is 2. The molecule has 0 unspecified atom stereocenters. The molecule has 1 atom stereocenters. The monoisotopic (exact) mass is 425 g/mol. The quantitative estimate of drug-likeness (QED) is 0.807. The standard InChI is InChI=1S/C25H35N3O3/c29-22-11-9-21(10-12-22)28-17-14-25(24(28)31)13-3-15-26(18-25)19-5-7-20(8-6-19)27-16-2-1-4-23(27)30/h5-8,21-22,29H,1-4,9-18H2/t21?,22?,25-/m0/s1. The van der Waals surface area contributed by atoms with E-state index in [-0.39, 0.29) is 17.4 Å². The molecule has 5 rings (SSSR count). The van der Waals surface area contributed by atoms with E-state index in [2.05, 4.69) is 34.1 Å². The van der Waals surface area contributed by atoms with Crippen molar-refractivity contribution >= 4 is 23.2 Å². The minimum absolute atomic E-state index is 0.184. The van der Waals surface area contributed by atoms with E-state index in [4.69, 9.17) is 0 Å². The zero-order valence-electron chi connectivity index (χ0n) is 18.5. The van der Waals surface area contributed by atoms with Crippen LogP contribution in [-0.2, 0) is 9.59 Å². The van der Waals surface area contributed by atoms with Crippen molar-refractivity contribution in [2.24, 2.45) is 5.41 Å². The Hall–Kier alpha value is -2.08. The summed E-state index contributed by atoms with van der Waals surface area (Å²) in [6.07, 6.45) is 9.00. The van der Waals surface area contributed by atoms with Crippen LogP contribution in [0.4, 0.5) is 11.4 Å². The van der Waals surface area contributed by atoms with E-state index in [9.17, 15) is 14.7 Å². The highest BCUT2D eigenvalue weighted by atomic mass is 16.3. The van der Waals surface area contributed by atoms with Gasteiger partial charge < -0.3 is 19.8 Å². The fourth-order valence-corrected chi connectivity index (χ4v) is 6.22. The Morgan fingerprint density at radius 2 is 1.58 bits per heavy atom. The van der Waals surface area contributed by atoms with Gasteiger partial charge in [0.15, 0.2) is 0 Å². The van der Waals surface area contributed by atoms with Crippen LogP contribution in [0.15, 0.2) is 24.3 Å². The SMILES string of the molecule is O=C1CCCCN1c1ccc(N2CCC[C@]3(CCN(C4CCC(O)CC4)C3=O)C2)cc1. The van der Waals surface area contributed by atoms with Gasteiger partial charge in [0, 0.05) is 50.0 Å². The molecular formula is C25H35N3O3. The minimum atomic E-state index is -0.254. The van der Waals surface area contributed by atoms with Crippen LogP contribution in [0.3, 0.4) is 0 Å². The normalized spacial score (nSPS) is 32.2. The van der Waals surface area contributed by atoms with Gasteiger partial charge >= 0.3 is 0 Å². The van der Waals surface area contributed by atoms with Gasteiger partial charge in [-0.2, -0.15) is 0 Å². The molecule has 2 amide bonds. The third-order valence-electron chi connectivity index (χ3n) is 8.08. The molecule has 1 N–H and O–H groups in total. The van der Waals surface area contributed by atoms with Crippen molar-refractivity contribution in [1.29, 1.82) is 0 Å². The lowest BCUT2D eigenvalue weighted by molar-refractivity contribution is -0.139. The molecule has 3 heterocycles. The first-order valence-corrected chi connectivity index (χ1v) is 12.2. The van der Waals surface area contributed by atoms with E-state index >= 15 is 0 Å². The van der Waals surface area contributed by atoms with E-state index in [0.717, 1.165) is 95.3 Å². The maximum Gasteiger partial charge on any atom is 0.230 e. The lowest BCUT2D eigenvalue weighted by atomic mass is 9.78. The third kappa shape index (κ3) is 3.95. The summed E-state index contributed by atoms with van der Waals surface area (Å²) in [5.74, 6) is 0.567. The highest BCUT2D eigenvalue weighted by molar-refractivity contribution is 5.94. The van der Waals surface area contributed by atoms with Gasteiger partial charge in [-0.3, -0.25) is 9.59 Å². The highest BCUT2D eigenvalue weighted by Crippen LogP contribution is 2.43. The maximum absolute atomic E-state index is 13.5. The largest absolute Gasteiger partial charge is 0.393 e. The highest BCUT2D eigenvalue weighted by Gasteiger charge is 2.50. The Morgan fingerprint density at radius 1 is 0.839 bits per heavy atom. The number of likely N-dealkylation sites (tertiary alicyclic amines) is 1. The summed E-state index contributed by atoms with van der Waals surface area (Å²) in [5.41, 5.74) is 1.89. The number of hydrogen-bond donors (Lipinski definition) is 1. The predicted octanol–water partition coefficient (Wildman–Crippen LogP) is 3.33. The van der Waals surface area contributed by atoms with Crippen LogP contribution in [0.1, 0.15) is 64.2 Å². The van der Waals surface area contributed by atoms with Crippen molar-refractivity contribution < 1.29 is 14.7 Å². The average molecular weight is 426 g/mol. The second kappa shape index (κ2) is 8.45. The van der Waals surface area contributed by atoms with E-state index in [0.29, 0.717) is 18.4 Å². The van der Waals surface area contributed by atoms with E-state index in [1.165, 1.54) is 0 Å². The van der Waals surface area contributed by atoms with Crippen LogP contribution < -0.4 is 9.80 Å². The van der Waals surface area contributed by atoms with Gasteiger partial charge in [0.25, 0.3) is 0 Å². The molecule has 4 fully saturated rings. The molecule has 168 valence electrons. The van der Waals surface area contributed by atoms with Crippen molar-refractivity contribution in [3.63, 3.8) is 0 Å². The fraction of sp³-hybridized carbons (Fsp3) is 0.680. The molecule has 31 heavy (non-hydrogen) atoms. The van der Waals surface area contributed by atoms with Crippen LogP contribution >= 0.6 is 0 Å². The molecule has 1 aromatic carbocycles. The number of aliphatic hydroxyl groups is 1. The molecule has 3 aliphatic heterocycles. The summed E-state index contributed by atoms with van der Waals surface area (Å²) in [6, 6.07) is 8.68. The number of rotatable bonds is 3. The number of amides is 2. The van der Waals surface area contributed by atoms with E-state index < -0.39 is 0 Å². The number of nitrogens with zero attached hydrogens (tertiary/aromatic N) is 3. The number of benzene rings is 1. The summed E-state index contributed by atoms with van der Waals surface area (Å²) in [7, 11) is 0. The van der Waals surface area contributed by atoms with Crippen LogP contribution in [0.5, 0.6) is 0 Å². The first-order chi connectivity index (χ1) is 15.1. The van der Waals surface area contributed by atoms with Crippen molar-refractivity contribution in [3.8, 4) is 0 Å². The summed E-state index contributed by atoms with van der Waals surface area (Å²) in [6.45, 7) is 3.45. The van der Waals surface area contributed by atoms with E-state index in [1.54, 1.807) is 0 Å². The Bertz CT molecular complexity index is 818. The Labute approximate surface area is 185 Å². The Morgan fingerprint density at radius 3 is 2.32 bits per heavy atom. The molecule has 1 aliphatic carbocycles. The van der Waals surface area contributed by atoms with Gasteiger partial charge in [0.2, 0.25) is 11.8 Å². The zero-order chi connectivity index (χ0) is 21.4. The molecule has 6 nitrogen and oxygen atoms in total. The topological polar surface area (TPSA) is 64.1 Å². The summed E-state index contributed by atoms with van der Waals surface area (Å²) < 4.78 is 0. The maximum atomic E-state index is 13.5. The average Bonchev–Trinajstić information content (AvgIpc) is 3.10. The second-order valence-corrected chi connectivity index (χ2v) is 10.0. The van der Waals surface area contributed by atoms with Gasteiger partial charge in [-0.05, 0) is 82.1 Å². The third-order valence-corrected chi connectivity index (χ3v) is 8.08. The van der Waals surface area contributed by atoms with E-state index in [1.807, 2.05) is 4.90 Å². The molecule has 6 heteroatoms. The number of aliphatic hydroxyl groups excluding tert-OH is 1. The van der Waals surface area contributed by atoms with Crippen molar-refractivity contribution in [2.75, 3.05) is 36.0 Å². The zero-order valence-corrected chi connectivity index (χ0v) is 18.5. The van der Waals surface area contributed by atoms with Gasteiger partial charge in [0.05, 0.1) is 11.5 Å². The van der Waals surface area contributed by atoms with Crippen molar-refractivity contribution in [3.05, 3.63) is 24.3 Å². The lowest BCUT2D eigenvalue weighted by Gasteiger charge is -2.41. The summed E-state index contributed by atoms with van der Waals surface area (Å²) >= 11 is 0. The number of carbonyl (C=O) groups excluding carboxylic acids is 2. The van der Waals surface area contributed by atoms with Crippen molar-refractivity contribution in [2.45, 2.75) is 76.4 Å². The molecule has 0 aromatic heterocycles. The molecule has 3 saturated heterocycles. The Balaban J connectivity index is 1.27. The van der Waals surface area contributed by atoms with Gasteiger partial charge in [-0.25, -0.2) is 0 Å². The first-order valence-electron chi connectivity index (χ1n) is 12.2. The fourth-order valence-electron chi connectivity index (χ4n) is 6.22. The van der Waals surface area contributed by atoms with Crippen LogP contribution in [0.2, 0.25) is 0 Å². The molecule has 0 bridgehead atoms. The number of hydrogen-bond acceptors (Lipinski definition) is 4. The van der Waals surface area contributed by atoms with Crippen LogP contribution in [0, 0.1) is 5.41 Å². The lowest BCUT2D eigenvalue weighted by Crippen LogP contribution is -2.50. The first kappa shape index (κ1) is 20.8. The summed E-state index contributed by atoms with van der Waals surface area (Å²) in [5, 5.41) is 9.82. The number of anilines is 2. The van der Waals surface area contributed by atoms with Crippen LogP contribution in [-0.4, -0.2) is 60.1 Å². The molecule has 1 spiro atoms. The molecule has 1 aromatic rings. The molecule has 4 aliphatic rings. The van der Waals surface area contributed by atoms with Gasteiger partial charge in [-0.1, -0.05) is 0 Å². The Kier molecular flexibility index (Phi) is 5.67. The second-order valence-electron chi connectivity index (χ2n) is 10.0. The molecule has 1 saturated carbocycles. The number of carbonyl (C=O) groups is 2. The molecular weight excluding hydrogens is 390 g/mol. The smallest absolute Gasteiger partial charge is 0.230 e. The summed E-state index contributed by atoms with van der Waals surface area (Å²) in [4.78, 5) is 32.2. The van der Waals surface area contributed by atoms with Gasteiger partial charge in [-0.15, -0.1) is 0 Å². The predicted molar refractivity (Wildman–Crippen MR) is 121 cm³/mol. The van der Waals surface area contributed by atoms with Crippen LogP contribution in [0.25, 0.3) is 0 Å². The molecule has 0 radical (unpaired) electrons. The van der Waals surface area contributed by atoms with Crippen molar-refractivity contribution in [1.82, 2.24) is 4.90 Å². The minimum Gasteiger partial charge on any atom is -0.393 e. The van der Waals surface area contributed by atoms with Gasteiger partial charge in [0.1, 0.15) is 0 Å².